The fourth-order valence-corrected chi connectivity index (χ4v) is 2.74. The first kappa shape index (κ1) is 14.3. The molecular formula is C13H22N2O4. The van der Waals surface area contributed by atoms with Crippen LogP contribution < -0.4 is 5.32 Å². The van der Waals surface area contributed by atoms with Crippen molar-refractivity contribution in [2.75, 3.05) is 26.2 Å². The first-order valence-electron chi connectivity index (χ1n) is 6.99. The third kappa shape index (κ3) is 4.47. The molecule has 1 unspecified atom stereocenters. The molecule has 1 atom stereocenters. The van der Waals surface area contributed by atoms with Crippen molar-refractivity contribution in [2.45, 2.75) is 44.2 Å². The van der Waals surface area contributed by atoms with Gasteiger partial charge in [0.1, 0.15) is 0 Å². The van der Waals surface area contributed by atoms with E-state index in [0.29, 0.717) is 32.3 Å². The smallest absolute Gasteiger partial charge is 0.306 e. The van der Waals surface area contributed by atoms with Gasteiger partial charge in [-0.3, -0.25) is 9.59 Å². The van der Waals surface area contributed by atoms with E-state index in [1.54, 1.807) is 4.90 Å². The number of hydrogen-bond donors (Lipinski definition) is 2. The number of morpholine rings is 1. The number of rotatable bonds is 5. The molecule has 0 aromatic heterocycles. The van der Waals surface area contributed by atoms with E-state index in [-0.39, 0.29) is 18.4 Å². The summed E-state index contributed by atoms with van der Waals surface area (Å²) in [6.07, 6.45) is 4.37. The molecule has 0 aromatic carbocycles. The summed E-state index contributed by atoms with van der Waals surface area (Å²) in [5.74, 6) is -0.839. The molecule has 0 bridgehead atoms. The summed E-state index contributed by atoms with van der Waals surface area (Å²) in [6, 6.07) is 0.472. The Balaban J connectivity index is 1.73. The van der Waals surface area contributed by atoms with Crippen LogP contribution in [0, 0.1) is 0 Å². The van der Waals surface area contributed by atoms with Crippen LogP contribution in [0.2, 0.25) is 0 Å². The molecule has 6 heteroatoms. The lowest BCUT2D eigenvalue weighted by atomic mass is 10.2. The van der Waals surface area contributed by atoms with Crippen LogP contribution in [0.4, 0.5) is 0 Å². The fourth-order valence-electron chi connectivity index (χ4n) is 2.74. The summed E-state index contributed by atoms with van der Waals surface area (Å²) >= 11 is 0. The van der Waals surface area contributed by atoms with Crippen molar-refractivity contribution in [1.29, 1.82) is 0 Å². The molecule has 1 heterocycles. The number of aliphatic carboxylic acids is 1. The first-order valence-corrected chi connectivity index (χ1v) is 6.99. The van der Waals surface area contributed by atoms with Crippen LogP contribution in [-0.4, -0.2) is 60.3 Å². The molecule has 1 saturated carbocycles. The maximum atomic E-state index is 12.0. The van der Waals surface area contributed by atoms with Crippen LogP contribution in [0.25, 0.3) is 0 Å². The molecular weight excluding hydrogens is 248 g/mol. The van der Waals surface area contributed by atoms with E-state index >= 15 is 0 Å². The highest BCUT2D eigenvalue weighted by Gasteiger charge is 2.26. The van der Waals surface area contributed by atoms with Crippen molar-refractivity contribution in [2.24, 2.45) is 0 Å². The van der Waals surface area contributed by atoms with Crippen LogP contribution in [-0.2, 0) is 14.3 Å². The lowest BCUT2D eigenvalue weighted by Crippen LogP contribution is -2.49. The maximum Gasteiger partial charge on any atom is 0.306 e. The summed E-state index contributed by atoms with van der Waals surface area (Å²) in [4.78, 5) is 24.4. The topological polar surface area (TPSA) is 78.9 Å². The number of hydrogen-bond acceptors (Lipinski definition) is 4. The zero-order valence-electron chi connectivity index (χ0n) is 11.1. The van der Waals surface area contributed by atoms with E-state index in [2.05, 4.69) is 5.32 Å². The Morgan fingerprint density at radius 2 is 2.05 bits per heavy atom. The van der Waals surface area contributed by atoms with Gasteiger partial charge in [-0.2, -0.15) is 0 Å². The quantitative estimate of drug-likeness (QED) is 0.747. The largest absolute Gasteiger partial charge is 0.481 e. The van der Waals surface area contributed by atoms with Crippen molar-refractivity contribution in [3.8, 4) is 0 Å². The molecule has 19 heavy (non-hydrogen) atoms. The van der Waals surface area contributed by atoms with Gasteiger partial charge in [0.2, 0.25) is 5.91 Å². The average molecular weight is 270 g/mol. The van der Waals surface area contributed by atoms with E-state index in [4.69, 9.17) is 9.84 Å². The van der Waals surface area contributed by atoms with Gasteiger partial charge in [-0.25, -0.2) is 0 Å². The van der Waals surface area contributed by atoms with Crippen molar-refractivity contribution in [3.05, 3.63) is 0 Å². The van der Waals surface area contributed by atoms with Crippen LogP contribution >= 0.6 is 0 Å². The van der Waals surface area contributed by atoms with Crippen LogP contribution in [0.15, 0.2) is 0 Å². The summed E-state index contributed by atoms with van der Waals surface area (Å²) < 4.78 is 5.35. The zero-order valence-corrected chi connectivity index (χ0v) is 11.1. The number of carboxylic acid groups (broad SMARTS) is 1. The van der Waals surface area contributed by atoms with Crippen LogP contribution in [0.3, 0.4) is 0 Å². The SMILES string of the molecule is O=C(O)CC1CN(C(=O)CNC2CCCC2)CCO1. The number of carboxylic acids is 1. The Hall–Kier alpha value is -1.14. The highest BCUT2D eigenvalue weighted by Crippen LogP contribution is 2.17. The fraction of sp³-hybridized carbons (Fsp3) is 0.846. The lowest BCUT2D eigenvalue weighted by molar-refractivity contribution is -0.147. The molecule has 108 valence electrons. The number of nitrogens with one attached hydrogen (secondary N) is 1. The van der Waals surface area contributed by atoms with E-state index < -0.39 is 5.97 Å². The number of ether oxygens (including phenoxy) is 1. The van der Waals surface area contributed by atoms with E-state index in [1.165, 1.54) is 12.8 Å². The number of nitrogens with zero attached hydrogens (tertiary/aromatic N) is 1. The molecule has 6 nitrogen and oxygen atoms in total. The number of carbonyl (C=O) groups is 2. The van der Waals surface area contributed by atoms with Crippen LogP contribution in [0.5, 0.6) is 0 Å². The van der Waals surface area contributed by atoms with Gasteiger partial charge in [-0.1, -0.05) is 12.8 Å². The highest BCUT2D eigenvalue weighted by atomic mass is 16.5. The van der Waals surface area contributed by atoms with Crippen molar-refractivity contribution in [3.63, 3.8) is 0 Å². The minimum Gasteiger partial charge on any atom is -0.481 e. The second kappa shape index (κ2) is 6.86. The van der Waals surface area contributed by atoms with Gasteiger partial charge in [0.05, 0.1) is 25.7 Å². The van der Waals surface area contributed by atoms with E-state index in [0.717, 1.165) is 12.8 Å². The Morgan fingerprint density at radius 3 is 2.74 bits per heavy atom. The standard InChI is InChI=1S/C13H22N2O4/c16-12(8-14-10-3-1-2-4-10)15-5-6-19-11(9-15)7-13(17)18/h10-11,14H,1-9H2,(H,17,18). The van der Waals surface area contributed by atoms with Crippen molar-refractivity contribution < 1.29 is 19.4 Å². The van der Waals surface area contributed by atoms with Crippen molar-refractivity contribution in [1.82, 2.24) is 10.2 Å². The first-order chi connectivity index (χ1) is 9.15. The molecule has 2 rings (SSSR count). The zero-order chi connectivity index (χ0) is 13.7. The van der Waals surface area contributed by atoms with E-state index in [9.17, 15) is 9.59 Å². The Bertz CT molecular complexity index is 329. The molecule has 2 fully saturated rings. The Kier molecular flexibility index (Phi) is 5.15. The Morgan fingerprint density at radius 1 is 1.32 bits per heavy atom. The summed E-state index contributed by atoms with van der Waals surface area (Å²) in [6.45, 7) is 1.72. The van der Waals surface area contributed by atoms with Crippen molar-refractivity contribution >= 4 is 11.9 Å². The maximum absolute atomic E-state index is 12.0. The van der Waals surface area contributed by atoms with Gasteiger partial charge in [0.25, 0.3) is 0 Å². The Labute approximate surface area is 113 Å². The average Bonchev–Trinajstić information content (AvgIpc) is 2.88. The molecule has 1 aliphatic heterocycles. The third-order valence-electron chi connectivity index (χ3n) is 3.79. The van der Waals surface area contributed by atoms with Gasteiger partial charge >= 0.3 is 5.97 Å². The predicted molar refractivity (Wildman–Crippen MR) is 68.8 cm³/mol. The molecule has 2 aliphatic rings. The highest BCUT2D eigenvalue weighted by molar-refractivity contribution is 5.78. The third-order valence-corrected chi connectivity index (χ3v) is 3.79. The molecule has 1 amide bonds. The monoisotopic (exact) mass is 270 g/mol. The van der Waals surface area contributed by atoms with Gasteiger partial charge in [-0.15, -0.1) is 0 Å². The predicted octanol–water partition coefficient (Wildman–Crippen LogP) is 0.221. The minimum atomic E-state index is -0.886. The molecule has 0 spiro atoms. The molecule has 0 radical (unpaired) electrons. The lowest BCUT2D eigenvalue weighted by Gasteiger charge is -2.32. The number of amides is 1. The molecule has 0 aromatic rings. The van der Waals surface area contributed by atoms with Gasteiger partial charge in [0.15, 0.2) is 0 Å². The van der Waals surface area contributed by atoms with Gasteiger partial charge in [-0.05, 0) is 12.8 Å². The number of carbonyl (C=O) groups excluding carboxylic acids is 1. The molecule has 2 N–H and O–H groups in total. The van der Waals surface area contributed by atoms with E-state index in [1.807, 2.05) is 0 Å². The van der Waals surface area contributed by atoms with Crippen LogP contribution in [0.1, 0.15) is 32.1 Å². The molecule has 1 aliphatic carbocycles. The van der Waals surface area contributed by atoms with Gasteiger partial charge in [0, 0.05) is 19.1 Å². The second-order valence-corrected chi connectivity index (χ2v) is 5.29. The normalized spacial score (nSPS) is 24.6. The summed E-state index contributed by atoms with van der Waals surface area (Å²) in [7, 11) is 0. The second-order valence-electron chi connectivity index (χ2n) is 5.29. The van der Waals surface area contributed by atoms with Gasteiger partial charge < -0.3 is 20.1 Å². The summed E-state index contributed by atoms with van der Waals surface area (Å²) in [5, 5.41) is 12.0. The summed E-state index contributed by atoms with van der Waals surface area (Å²) in [5.41, 5.74) is 0. The molecule has 1 saturated heterocycles. The minimum absolute atomic E-state index is 0.0418.